The van der Waals surface area contributed by atoms with Crippen LogP contribution in [0.25, 0.3) is 0 Å². The number of pyridine rings is 1. The number of anilines is 1. The van der Waals surface area contributed by atoms with E-state index in [0.29, 0.717) is 17.9 Å². The maximum atomic E-state index is 11.9. The van der Waals surface area contributed by atoms with E-state index < -0.39 is 0 Å². The summed E-state index contributed by atoms with van der Waals surface area (Å²) in [5.74, 6) is 1.40. The summed E-state index contributed by atoms with van der Waals surface area (Å²) >= 11 is 0. The predicted molar refractivity (Wildman–Crippen MR) is 70.8 cm³/mol. The maximum absolute atomic E-state index is 11.9. The highest BCUT2D eigenvalue weighted by atomic mass is 16.1. The summed E-state index contributed by atoms with van der Waals surface area (Å²) in [5, 5.41) is 12.3. The summed E-state index contributed by atoms with van der Waals surface area (Å²) in [4.78, 5) is 19.9. The van der Waals surface area contributed by atoms with Crippen LogP contribution < -0.4 is 10.6 Å². The smallest absolute Gasteiger partial charge is 0.251 e. The molecule has 2 heterocycles. The Morgan fingerprint density at radius 1 is 1.42 bits per heavy atom. The third kappa shape index (κ3) is 3.77. The van der Waals surface area contributed by atoms with Crippen LogP contribution in [0.3, 0.4) is 0 Å². The fraction of sp³-hybridized carbons (Fsp3) is 0.333. The van der Waals surface area contributed by atoms with E-state index in [-0.39, 0.29) is 5.91 Å². The molecule has 0 bridgehead atoms. The van der Waals surface area contributed by atoms with Gasteiger partial charge in [-0.05, 0) is 18.6 Å². The molecule has 0 atom stereocenters. The maximum Gasteiger partial charge on any atom is 0.251 e. The Bertz CT molecular complexity index is 525. The van der Waals surface area contributed by atoms with Gasteiger partial charge in [0, 0.05) is 31.8 Å². The third-order valence-corrected chi connectivity index (χ3v) is 2.62. The van der Waals surface area contributed by atoms with E-state index in [9.17, 15) is 4.79 Å². The van der Waals surface area contributed by atoms with Crippen molar-refractivity contribution in [3.8, 4) is 0 Å². The van der Waals surface area contributed by atoms with Gasteiger partial charge in [-0.25, -0.2) is 9.97 Å². The molecule has 2 aromatic rings. The minimum atomic E-state index is -0.100. The van der Waals surface area contributed by atoms with Gasteiger partial charge in [0.1, 0.15) is 18.0 Å². The number of hydrogen-bond acceptors (Lipinski definition) is 5. The molecule has 0 fully saturated rings. The van der Waals surface area contributed by atoms with Gasteiger partial charge < -0.3 is 10.6 Å². The van der Waals surface area contributed by atoms with Crippen LogP contribution in [0.4, 0.5) is 5.82 Å². The minimum Gasteiger partial charge on any atom is -0.373 e. The Morgan fingerprint density at radius 3 is 3.05 bits per heavy atom. The number of H-pyrrole nitrogens is 1. The van der Waals surface area contributed by atoms with Crippen LogP contribution in [0.15, 0.2) is 24.7 Å². The Kier molecular flexibility index (Phi) is 4.44. The fourth-order valence-electron chi connectivity index (χ4n) is 1.62. The summed E-state index contributed by atoms with van der Waals surface area (Å²) in [6.07, 6.45) is 4.66. The van der Waals surface area contributed by atoms with Gasteiger partial charge in [-0.15, -0.1) is 0 Å². The third-order valence-electron chi connectivity index (χ3n) is 2.62. The van der Waals surface area contributed by atoms with Crippen LogP contribution in [0.2, 0.25) is 0 Å². The van der Waals surface area contributed by atoms with Crippen molar-refractivity contribution in [1.29, 1.82) is 0 Å². The van der Waals surface area contributed by atoms with E-state index in [0.717, 1.165) is 18.7 Å². The average molecular weight is 260 g/mol. The Labute approximate surface area is 110 Å². The Hall–Kier alpha value is -2.44. The van der Waals surface area contributed by atoms with Crippen molar-refractivity contribution >= 4 is 11.7 Å². The van der Waals surface area contributed by atoms with E-state index >= 15 is 0 Å². The highest BCUT2D eigenvalue weighted by molar-refractivity contribution is 5.94. The topological polar surface area (TPSA) is 95.6 Å². The molecule has 3 N–H and O–H groups in total. The number of nitrogens with zero attached hydrogens (tertiary/aromatic N) is 3. The van der Waals surface area contributed by atoms with E-state index in [1.54, 1.807) is 25.4 Å². The van der Waals surface area contributed by atoms with Crippen molar-refractivity contribution in [3.05, 3.63) is 36.0 Å². The molecule has 0 saturated carbocycles. The summed E-state index contributed by atoms with van der Waals surface area (Å²) in [5.41, 5.74) is 0.596. The van der Waals surface area contributed by atoms with E-state index in [1.165, 1.54) is 6.33 Å². The normalized spacial score (nSPS) is 10.2. The number of amides is 1. The molecule has 0 aliphatic heterocycles. The number of nitrogens with one attached hydrogen (secondary N) is 3. The second-order valence-corrected chi connectivity index (χ2v) is 3.97. The molecule has 0 unspecified atom stereocenters. The molecule has 7 nitrogen and oxygen atoms in total. The van der Waals surface area contributed by atoms with Gasteiger partial charge in [-0.3, -0.25) is 9.89 Å². The second kappa shape index (κ2) is 6.48. The number of rotatable bonds is 6. The number of carbonyl (C=O) groups is 1. The molecule has 0 saturated heterocycles. The summed E-state index contributed by atoms with van der Waals surface area (Å²) in [6, 6.07) is 3.40. The molecule has 0 radical (unpaired) electrons. The van der Waals surface area contributed by atoms with Crippen LogP contribution in [0.5, 0.6) is 0 Å². The van der Waals surface area contributed by atoms with E-state index in [1.807, 2.05) is 0 Å². The van der Waals surface area contributed by atoms with Crippen LogP contribution in [-0.4, -0.2) is 39.7 Å². The zero-order valence-electron chi connectivity index (χ0n) is 10.7. The Balaban J connectivity index is 1.77. The zero-order chi connectivity index (χ0) is 13.5. The highest BCUT2D eigenvalue weighted by Gasteiger charge is 2.05. The zero-order valence-corrected chi connectivity index (χ0v) is 10.7. The number of aromatic amines is 1. The van der Waals surface area contributed by atoms with Crippen molar-refractivity contribution in [2.24, 2.45) is 0 Å². The summed E-state index contributed by atoms with van der Waals surface area (Å²) in [7, 11) is 1.77. The fourth-order valence-corrected chi connectivity index (χ4v) is 1.62. The minimum absolute atomic E-state index is 0.100. The lowest BCUT2D eigenvalue weighted by Gasteiger charge is -2.05. The number of aryl methyl sites for hydroxylation is 1. The first-order valence-corrected chi connectivity index (χ1v) is 6.06. The molecule has 2 aromatic heterocycles. The first kappa shape index (κ1) is 13.0. The quantitative estimate of drug-likeness (QED) is 0.661. The van der Waals surface area contributed by atoms with Gasteiger partial charge in [-0.2, -0.15) is 5.10 Å². The molecule has 1 amide bonds. The van der Waals surface area contributed by atoms with Gasteiger partial charge in [0.05, 0.1) is 0 Å². The first-order chi connectivity index (χ1) is 9.29. The molecule has 2 rings (SSSR count). The SMILES string of the molecule is CNc1cc(C(=O)NCCCc2ncn[nH]2)ccn1. The molecule has 100 valence electrons. The number of aromatic nitrogens is 4. The lowest BCUT2D eigenvalue weighted by atomic mass is 10.2. The van der Waals surface area contributed by atoms with Gasteiger partial charge in [0.2, 0.25) is 0 Å². The van der Waals surface area contributed by atoms with Crippen LogP contribution in [-0.2, 0) is 6.42 Å². The lowest BCUT2D eigenvalue weighted by molar-refractivity contribution is 0.0953. The number of carbonyl (C=O) groups excluding carboxylic acids is 1. The lowest BCUT2D eigenvalue weighted by Crippen LogP contribution is -2.25. The largest absolute Gasteiger partial charge is 0.373 e. The molecule has 19 heavy (non-hydrogen) atoms. The van der Waals surface area contributed by atoms with Crippen LogP contribution in [0.1, 0.15) is 22.6 Å². The van der Waals surface area contributed by atoms with E-state index in [4.69, 9.17) is 0 Å². The van der Waals surface area contributed by atoms with Gasteiger partial charge >= 0.3 is 0 Å². The summed E-state index contributed by atoms with van der Waals surface area (Å²) in [6.45, 7) is 0.594. The Morgan fingerprint density at radius 2 is 2.32 bits per heavy atom. The molecule has 0 aliphatic carbocycles. The average Bonchev–Trinajstić information content (AvgIpc) is 2.96. The highest BCUT2D eigenvalue weighted by Crippen LogP contribution is 2.05. The van der Waals surface area contributed by atoms with Crippen molar-refractivity contribution < 1.29 is 4.79 Å². The molecule has 7 heteroatoms. The van der Waals surface area contributed by atoms with Gasteiger partial charge in [-0.1, -0.05) is 0 Å². The van der Waals surface area contributed by atoms with Crippen LogP contribution in [0, 0.1) is 0 Å². The molecule has 0 spiro atoms. The van der Waals surface area contributed by atoms with E-state index in [2.05, 4.69) is 30.8 Å². The standard InChI is InChI=1S/C12H16N6O/c1-13-11-7-9(4-6-14-11)12(19)15-5-2-3-10-16-8-17-18-10/h4,6-8H,2-3,5H2,1H3,(H,13,14)(H,15,19)(H,16,17,18). The van der Waals surface area contributed by atoms with Crippen LogP contribution >= 0.6 is 0 Å². The number of hydrogen-bond donors (Lipinski definition) is 3. The predicted octanol–water partition coefficient (Wildman–Crippen LogP) is 0.604. The summed E-state index contributed by atoms with van der Waals surface area (Å²) < 4.78 is 0. The molecule has 0 aliphatic rings. The van der Waals surface area contributed by atoms with Gasteiger partial charge in [0.25, 0.3) is 5.91 Å². The van der Waals surface area contributed by atoms with Crippen molar-refractivity contribution in [3.63, 3.8) is 0 Å². The second-order valence-electron chi connectivity index (χ2n) is 3.97. The molecular weight excluding hydrogens is 244 g/mol. The first-order valence-electron chi connectivity index (χ1n) is 6.06. The van der Waals surface area contributed by atoms with Gasteiger partial charge in [0.15, 0.2) is 0 Å². The monoisotopic (exact) mass is 260 g/mol. The molecule has 0 aromatic carbocycles. The molecular formula is C12H16N6O. The van der Waals surface area contributed by atoms with Crippen molar-refractivity contribution in [1.82, 2.24) is 25.5 Å². The van der Waals surface area contributed by atoms with Crippen molar-refractivity contribution in [2.45, 2.75) is 12.8 Å². The van der Waals surface area contributed by atoms with Crippen molar-refractivity contribution in [2.75, 3.05) is 18.9 Å².